The van der Waals surface area contributed by atoms with Crippen molar-refractivity contribution in [3.63, 3.8) is 0 Å². The Hall–Kier alpha value is -8.40. The van der Waals surface area contributed by atoms with Crippen molar-refractivity contribution in [3.05, 3.63) is 233 Å². The standard InChI is InChI=1S/C70H54N2O/c1-40-18-17-21-43(36-40)52-39-56-59(61-50-23-12-15-26-57(50)71-66(52)61)48-34-32-45(37-54(48)68(56,2)3)72(44-30-28-42(29-31-44)41-19-9-8-10-20-41)46-33-35-49-55(38-46)70(6,7)65-63(49)67-62(51-24-13-16-27-58(51)73-67)60-47-22-11-14-25-53(47)69(4,5)64(60)65/h8-39,71H,1-7H3. The molecule has 15 rings (SSSR count). The van der Waals surface area contributed by atoms with Gasteiger partial charge in [-0.2, -0.15) is 0 Å². The van der Waals surface area contributed by atoms with E-state index in [-0.39, 0.29) is 16.2 Å². The van der Waals surface area contributed by atoms with Gasteiger partial charge in [-0.15, -0.1) is 0 Å². The minimum absolute atomic E-state index is 0.217. The number of para-hydroxylation sites is 2. The molecule has 3 nitrogen and oxygen atoms in total. The van der Waals surface area contributed by atoms with Gasteiger partial charge in [-0.05, 0) is 139 Å². The molecule has 0 bridgehead atoms. The van der Waals surface area contributed by atoms with Crippen LogP contribution in [0.5, 0.6) is 0 Å². The third-order valence-corrected chi connectivity index (χ3v) is 17.4. The van der Waals surface area contributed by atoms with E-state index in [2.05, 4.69) is 252 Å². The normalized spacial score (nSPS) is 15.1. The number of benzene rings is 10. The molecule has 3 aliphatic carbocycles. The second kappa shape index (κ2) is 14.6. The number of furan rings is 1. The molecule has 0 saturated heterocycles. The second-order valence-corrected chi connectivity index (χ2v) is 22.6. The molecule has 0 unspecified atom stereocenters. The van der Waals surface area contributed by atoms with Crippen LogP contribution < -0.4 is 4.90 Å². The molecule has 0 atom stereocenters. The van der Waals surface area contributed by atoms with Gasteiger partial charge in [-0.25, -0.2) is 0 Å². The van der Waals surface area contributed by atoms with Crippen molar-refractivity contribution in [1.29, 1.82) is 0 Å². The summed E-state index contributed by atoms with van der Waals surface area (Å²) < 4.78 is 7.08. The van der Waals surface area contributed by atoms with E-state index in [1.54, 1.807) is 0 Å². The predicted molar refractivity (Wildman–Crippen MR) is 306 cm³/mol. The average Bonchev–Trinajstić information content (AvgIpc) is 4.18. The van der Waals surface area contributed by atoms with Crippen LogP contribution in [0.25, 0.3) is 99.4 Å². The Morgan fingerprint density at radius 3 is 1.75 bits per heavy atom. The predicted octanol–water partition coefficient (Wildman–Crippen LogP) is 19.3. The molecular weight excluding hydrogens is 885 g/mol. The van der Waals surface area contributed by atoms with Crippen LogP contribution in [-0.4, -0.2) is 4.98 Å². The summed E-state index contributed by atoms with van der Waals surface area (Å²) in [5.41, 5.74) is 28.9. The molecule has 0 aliphatic heterocycles. The number of anilines is 3. The Labute approximate surface area is 426 Å². The van der Waals surface area contributed by atoms with Crippen molar-refractivity contribution in [2.24, 2.45) is 0 Å². The molecule has 2 aromatic heterocycles. The molecule has 350 valence electrons. The second-order valence-electron chi connectivity index (χ2n) is 22.6. The summed E-state index contributed by atoms with van der Waals surface area (Å²) in [5.74, 6) is 0. The van der Waals surface area contributed by atoms with E-state index >= 15 is 0 Å². The van der Waals surface area contributed by atoms with Crippen LogP contribution in [0.1, 0.15) is 80.5 Å². The quantitative estimate of drug-likeness (QED) is 0.186. The Bertz CT molecular complexity index is 4350. The Kier molecular flexibility index (Phi) is 8.47. The number of nitrogens with zero attached hydrogens (tertiary/aromatic N) is 1. The molecular formula is C70H54N2O. The largest absolute Gasteiger partial charge is 0.455 e. The fraction of sp³-hybridized carbons (Fsp3) is 0.143. The number of nitrogens with one attached hydrogen (secondary N) is 1. The first-order valence-corrected chi connectivity index (χ1v) is 25.9. The van der Waals surface area contributed by atoms with E-state index in [4.69, 9.17) is 4.42 Å². The van der Waals surface area contributed by atoms with E-state index < -0.39 is 0 Å². The van der Waals surface area contributed by atoms with Gasteiger partial charge in [0.15, 0.2) is 0 Å². The molecule has 0 spiro atoms. The lowest BCUT2D eigenvalue weighted by Crippen LogP contribution is -2.24. The zero-order chi connectivity index (χ0) is 49.3. The maximum atomic E-state index is 7.08. The first-order valence-electron chi connectivity index (χ1n) is 25.9. The topological polar surface area (TPSA) is 32.2 Å². The molecule has 0 saturated carbocycles. The molecule has 0 radical (unpaired) electrons. The lowest BCUT2D eigenvalue weighted by atomic mass is 9.72. The molecule has 2 heterocycles. The van der Waals surface area contributed by atoms with Gasteiger partial charge in [0.2, 0.25) is 0 Å². The van der Waals surface area contributed by atoms with Crippen molar-refractivity contribution >= 4 is 60.8 Å². The summed E-state index contributed by atoms with van der Waals surface area (Å²) in [6.07, 6.45) is 0. The number of hydrogen-bond donors (Lipinski definition) is 1. The Morgan fingerprint density at radius 1 is 0.397 bits per heavy atom. The van der Waals surface area contributed by atoms with Crippen LogP contribution in [-0.2, 0) is 16.2 Å². The Morgan fingerprint density at radius 2 is 0.986 bits per heavy atom. The number of hydrogen-bond acceptors (Lipinski definition) is 2. The van der Waals surface area contributed by atoms with Gasteiger partial charge in [-0.1, -0.05) is 187 Å². The fourth-order valence-corrected chi connectivity index (χ4v) is 13.9. The monoisotopic (exact) mass is 938 g/mol. The van der Waals surface area contributed by atoms with Gasteiger partial charge in [-0.3, -0.25) is 0 Å². The molecule has 0 fully saturated rings. The zero-order valence-corrected chi connectivity index (χ0v) is 42.3. The fourth-order valence-electron chi connectivity index (χ4n) is 13.9. The summed E-state index contributed by atoms with van der Waals surface area (Å²) in [6, 6.07) is 72.3. The number of fused-ring (bicyclic) bond motifs is 19. The van der Waals surface area contributed by atoms with E-state index in [0.717, 1.165) is 33.7 Å². The van der Waals surface area contributed by atoms with Gasteiger partial charge in [0.05, 0.1) is 5.52 Å². The van der Waals surface area contributed by atoms with Crippen LogP contribution in [0.4, 0.5) is 17.1 Å². The van der Waals surface area contributed by atoms with E-state index in [1.807, 2.05) is 0 Å². The lowest BCUT2D eigenvalue weighted by Gasteiger charge is -2.32. The van der Waals surface area contributed by atoms with Crippen LogP contribution in [0.15, 0.2) is 199 Å². The molecule has 1 N–H and O–H groups in total. The molecule has 3 aliphatic rings. The summed E-state index contributed by atoms with van der Waals surface area (Å²) >= 11 is 0. The molecule has 3 heteroatoms. The molecule has 12 aromatic rings. The zero-order valence-electron chi connectivity index (χ0n) is 42.3. The highest BCUT2D eigenvalue weighted by Gasteiger charge is 2.49. The SMILES string of the molecule is Cc1cccc(-c2cc3c(c4c2[nH]c2ccccc24)-c2ccc(N(c4ccc(-c5ccccc5)cc4)c4ccc5c(c4)C(C)(C)c4c6c(c7c(oc8ccccc87)c4-5)-c4ccccc4C6(C)C)cc2C3(C)C)c1. The highest BCUT2D eigenvalue weighted by Crippen LogP contribution is 2.64. The van der Waals surface area contributed by atoms with Gasteiger partial charge in [0, 0.05) is 71.5 Å². The Balaban J connectivity index is 0.948. The summed E-state index contributed by atoms with van der Waals surface area (Å²) in [7, 11) is 0. The van der Waals surface area contributed by atoms with Crippen molar-refractivity contribution in [1.82, 2.24) is 4.98 Å². The number of H-pyrrole nitrogens is 1. The van der Waals surface area contributed by atoms with E-state index in [9.17, 15) is 0 Å². The smallest absolute Gasteiger partial charge is 0.144 e. The number of rotatable bonds is 5. The minimum atomic E-state index is -0.346. The van der Waals surface area contributed by atoms with Gasteiger partial charge < -0.3 is 14.3 Å². The van der Waals surface area contributed by atoms with Gasteiger partial charge in [0.1, 0.15) is 11.2 Å². The highest BCUT2D eigenvalue weighted by molar-refractivity contribution is 6.22. The van der Waals surface area contributed by atoms with Crippen LogP contribution in [0, 0.1) is 6.92 Å². The van der Waals surface area contributed by atoms with Gasteiger partial charge in [0.25, 0.3) is 0 Å². The average molecular weight is 939 g/mol. The summed E-state index contributed by atoms with van der Waals surface area (Å²) in [6.45, 7) is 16.8. The number of aryl methyl sites for hydroxylation is 1. The minimum Gasteiger partial charge on any atom is -0.455 e. The van der Waals surface area contributed by atoms with Crippen LogP contribution in [0.2, 0.25) is 0 Å². The first kappa shape index (κ1) is 42.3. The van der Waals surface area contributed by atoms with Gasteiger partial charge >= 0.3 is 0 Å². The van der Waals surface area contributed by atoms with E-state index in [0.29, 0.717) is 0 Å². The number of aromatic amines is 1. The molecule has 10 aromatic carbocycles. The molecule has 0 amide bonds. The maximum Gasteiger partial charge on any atom is 0.144 e. The van der Waals surface area contributed by atoms with Crippen molar-refractivity contribution in [3.8, 4) is 55.6 Å². The first-order chi connectivity index (χ1) is 35.4. The van der Waals surface area contributed by atoms with Crippen LogP contribution in [0.3, 0.4) is 0 Å². The third-order valence-electron chi connectivity index (χ3n) is 17.4. The van der Waals surface area contributed by atoms with Crippen molar-refractivity contribution in [2.75, 3.05) is 4.90 Å². The van der Waals surface area contributed by atoms with E-state index in [1.165, 1.54) is 122 Å². The lowest BCUT2D eigenvalue weighted by molar-refractivity contribution is 0.600. The summed E-state index contributed by atoms with van der Waals surface area (Å²) in [4.78, 5) is 6.39. The summed E-state index contributed by atoms with van der Waals surface area (Å²) in [5, 5.41) is 4.97. The number of aromatic nitrogens is 1. The van der Waals surface area contributed by atoms with Crippen molar-refractivity contribution in [2.45, 2.75) is 64.7 Å². The maximum absolute atomic E-state index is 7.08. The highest BCUT2D eigenvalue weighted by atomic mass is 16.3. The third kappa shape index (κ3) is 5.65. The molecule has 73 heavy (non-hydrogen) atoms. The van der Waals surface area contributed by atoms with Crippen LogP contribution >= 0.6 is 0 Å². The van der Waals surface area contributed by atoms with Crippen molar-refractivity contribution < 1.29 is 4.42 Å².